The SMILES string of the molecule is CC(=O)N1C[C@H]2CN(c3nc4ccccc4o3)C[C@H]2[C@@H]1c1cccc(F)c1. The number of fused-ring (bicyclic) bond motifs is 2. The van der Waals surface area contributed by atoms with Gasteiger partial charge in [-0.25, -0.2) is 4.39 Å². The van der Waals surface area contributed by atoms with Gasteiger partial charge in [0.2, 0.25) is 5.91 Å². The molecule has 3 heterocycles. The molecule has 3 aromatic rings. The zero-order valence-electron chi connectivity index (χ0n) is 15.0. The molecule has 3 atom stereocenters. The van der Waals surface area contributed by atoms with Crippen LogP contribution < -0.4 is 4.90 Å². The third-order valence-corrected chi connectivity index (χ3v) is 5.81. The molecule has 1 aromatic heterocycles. The summed E-state index contributed by atoms with van der Waals surface area (Å²) in [7, 11) is 0. The van der Waals surface area contributed by atoms with Gasteiger partial charge in [-0.05, 0) is 29.8 Å². The van der Waals surface area contributed by atoms with Gasteiger partial charge < -0.3 is 14.2 Å². The van der Waals surface area contributed by atoms with E-state index in [2.05, 4.69) is 9.88 Å². The van der Waals surface area contributed by atoms with Crippen LogP contribution in [0, 0.1) is 17.7 Å². The van der Waals surface area contributed by atoms with Crippen molar-refractivity contribution in [3.63, 3.8) is 0 Å². The average molecular weight is 365 g/mol. The van der Waals surface area contributed by atoms with Crippen LogP contribution in [0.25, 0.3) is 11.1 Å². The van der Waals surface area contributed by atoms with E-state index in [4.69, 9.17) is 4.42 Å². The van der Waals surface area contributed by atoms with Crippen LogP contribution in [0.15, 0.2) is 52.9 Å². The fourth-order valence-electron chi connectivity index (χ4n) is 4.64. The Balaban J connectivity index is 1.47. The Labute approximate surface area is 156 Å². The maximum atomic E-state index is 13.8. The highest BCUT2D eigenvalue weighted by Gasteiger charge is 2.49. The van der Waals surface area contributed by atoms with Crippen molar-refractivity contribution in [2.75, 3.05) is 24.5 Å². The quantitative estimate of drug-likeness (QED) is 0.696. The van der Waals surface area contributed by atoms with Gasteiger partial charge in [-0.15, -0.1) is 0 Å². The molecule has 0 unspecified atom stereocenters. The van der Waals surface area contributed by atoms with Gasteiger partial charge in [0, 0.05) is 38.4 Å². The Hall–Kier alpha value is -2.89. The van der Waals surface area contributed by atoms with Crippen molar-refractivity contribution in [3.05, 3.63) is 59.9 Å². The molecule has 0 aliphatic carbocycles. The van der Waals surface area contributed by atoms with Crippen molar-refractivity contribution in [1.82, 2.24) is 9.88 Å². The minimum atomic E-state index is -0.270. The number of anilines is 1. The first-order valence-electron chi connectivity index (χ1n) is 9.23. The van der Waals surface area contributed by atoms with Gasteiger partial charge in [-0.3, -0.25) is 4.79 Å². The summed E-state index contributed by atoms with van der Waals surface area (Å²) in [5.74, 6) is 0.309. The van der Waals surface area contributed by atoms with Crippen LogP contribution in [-0.2, 0) is 4.79 Å². The van der Waals surface area contributed by atoms with Crippen LogP contribution in [-0.4, -0.2) is 35.4 Å². The van der Waals surface area contributed by atoms with Crippen LogP contribution >= 0.6 is 0 Å². The topological polar surface area (TPSA) is 49.6 Å². The molecule has 0 radical (unpaired) electrons. The normalized spacial score (nSPS) is 24.6. The fourth-order valence-corrected chi connectivity index (χ4v) is 4.64. The lowest BCUT2D eigenvalue weighted by Gasteiger charge is -2.28. The van der Waals surface area contributed by atoms with E-state index in [1.807, 2.05) is 35.2 Å². The summed E-state index contributed by atoms with van der Waals surface area (Å²) in [4.78, 5) is 20.8. The van der Waals surface area contributed by atoms with E-state index < -0.39 is 0 Å². The molecule has 5 rings (SSSR count). The number of hydrogen-bond acceptors (Lipinski definition) is 4. The Morgan fingerprint density at radius 3 is 2.78 bits per heavy atom. The molecule has 0 spiro atoms. The Morgan fingerprint density at radius 1 is 1.15 bits per heavy atom. The maximum absolute atomic E-state index is 13.8. The summed E-state index contributed by atoms with van der Waals surface area (Å²) in [6.07, 6.45) is 0. The number of halogens is 1. The summed E-state index contributed by atoms with van der Waals surface area (Å²) in [5, 5.41) is 0. The lowest BCUT2D eigenvalue weighted by molar-refractivity contribution is -0.130. The van der Waals surface area contributed by atoms with Crippen molar-refractivity contribution < 1.29 is 13.6 Å². The minimum Gasteiger partial charge on any atom is -0.423 e. The first-order valence-corrected chi connectivity index (χ1v) is 9.23. The van der Waals surface area contributed by atoms with Gasteiger partial charge in [0.15, 0.2) is 5.58 Å². The van der Waals surface area contributed by atoms with Crippen LogP contribution in [0.4, 0.5) is 10.4 Å². The van der Waals surface area contributed by atoms with E-state index in [0.29, 0.717) is 18.5 Å². The summed E-state index contributed by atoms with van der Waals surface area (Å²) >= 11 is 0. The first kappa shape index (κ1) is 16.3. The van der Waals surface area contributed by atoms with Crippen molar-refractivity contribution >= 4 is 23.0 Å². The van der Waals surface area contributed by atoms with Crippen molar-refractivity contribution in [2.45, 2.75) is 13.0 Å². The Kier molecular flexibility index (Phi) is 3.67. The molecule has 27 heavy (non-hydrogen) atoms. The summed E-state index contributed by atoms with van der Waals surface area (Å²) in [5.41, 5.74) is 2.48. The van der Waals surface area contributed by atoms with Gasteiger partial charge in [0.1, 0.15) is 11.3 Å². The summed E-state index contributed by atoms with van der Waals surface area (Å²) in [6, 6.07) is 14.8. The predicted molar refractivity (Wildman–Crippen MR) is 99.7 cm³/mol. The number of rotatable bonds is 2. The molecule has 0 N–H and O–H groups in total. The zero-order valence-corrected chi connectivity index (χ0v) is 15.0. The molecule has 2 saturated heterocycles. The van der Waals surface area contributed by atoms with E-state index >= 15 is 0 Å². The van der Waals surface area contributed by atoms with Crippen LogP contribution in [0.1, 0.15) is 18.5 Å². The third-order valence-electron chi connectivity index (χ3n) is 5.81. The second-order valence-corrected chi connectivity index (χ2v) is 7.46. The Morgan fingerprint density at radius 2 is 2.00 bits per heavy atom. The monoisotopic (exact) mass is 365 g/mol. The van der Waals surface area contributed by atoms with E-state index in [-0.39, 0.29) is 23.7 Å². The lowest BCUT2D eigenvalue weighted by atomic mass is 9.89. The number of benzene rings is 2. The number of oxazole rings is 1. The molecule has 138 valence electrons. The van der Waals surface area contributed by atoms with E-state index in [1.165, 1.54) is 6.07 Å². The van der Waals surface area contributed by atoms with Crippen molar-refractivity contribution in [1.29, 1.82) is 0 Å². The molecule has 2 aromatic carbocycles. The van der Waals surface area contributed by atoms with Crippen LogP contribution in [0.3, 0.4) is 0 Å². The number of amides is 1. The molecule has 5 nitrogen and oxygen atoms in total. The number of likely N-dealkylation sites (tertiary alicyclic amines) is 1. The smallest absolute Gasteiger partial charge is 0.298 e. The van der Waals surface area contributed by atoms with Gasteiger partial charge in [-0.1, -0.05) is 24.3 Å². The van der Waals surface area contributed by atoms with Gasteiger partial charge in [-0.2, -0.15) is 4.98 Å². The molecular weight excluding hydrogens is 345 g/mol. The highest BCUT2D eigenvalue weighted by molar-refractivity contribution is 5.75. The maximum Gasteiger partial charge on any atom is 0.298 e. The molecule has 0 saturated carbocycles. The fraction of sp³-hybridized carbons (Fsp3) is 0.333. The van der Waals surface area contributed by atoms with E-state index in [0.717, 1.165) is 29.8 Å². The third kappa shape index (κ3) is 2.67. The van der Waals surface area contributed by atoms with Gasteiger partial charge >= 0.3 is 0 Å². The largest absolute Gasteiger partial charge is 0.423 e. The van der Waals surface area contributed by atoms with E-state index in [9.17, 15) is 9.18 Å². The summed E-state index contributed by atoms with van der Waals surface area (Å²) < 4.78 is 19.7. The van der Waals surface area contributed by atoms with E-state index in [1.54, 1.807) is 19.1 Å². The summed E-state index contributed by atoms with van der Waals surface area (Å²) in [6.45, 7) is 3.79. The number of aromatic nitrogens is 1. The second-order valence-electron chi connectivity index (χ2n) is 7.46. The number of para-hydroxylation sites is 2. The number of carbonyl (C=O) groups is 1. The van der Waals surface area contributed by atoms with Crippen molar-refractivity contribution in [3.8, 4) is 0 Å². The zero-order chi connectivity index (χ0) is 18.5. The van der Waals surface area contributed by atoms with Crippen LogP contribution in [0.2, 0.25) is 0 Å². The number of carbonyl (C=O) groups excluding carboxylic acids is 1. The van der Waals surface area contributed by atoms with Crippen LogP contribution in [0.5, 0.6) is 0 Å². The molecule has 2 aliphatic heterocycles. The molecule has 0 bridgehead atoms. The second kappa shape index (κ2) is 6.08. The van der Waals surface area contributed by atoms with Gasteiger partial charge in [0.25, 0.3) is 6.01 Å². The predicted octanol–water partition coefficient (Wildman–Crippen LogP) is 3.62. The highest BCUT2D eigenvalue weighted by atomic mass is 19.1. The average Bonchev–Trinajstić information content (AvgIpc) is 3.32. The van der Waals surface area contributed by atoms with Gasteiger partial charge in [0.05, 0.1) is 6.04 Å². The minimum absolute atomic E-state index is 0.0343. The number of hydrogen-bond donors (Lipinski definition) is 0. The molecule has 2 aliphatic rings. The lowest BCUT2D eigenvalue weighted by Crippen LogP contribution is -2.34. The molecule has 6 heteroatoms. The standard InChI is InChI=1S/C21H20FN3O2/c1-13(26)25-11-15-10-24(21-23-18-7-2-3-8-19(18)27-21)12-17(15)20(25)14-5-4-6-16(22)9-14/h2-9,15,17,20H,10-12H2,1H3/t15-,17-,20+/m1/s1. The van der Waals surface area contributed by atoms with Crippen molar-refractivity contribution in [2.24, 2.45) is 11.8 Å². The molecule has 2 fully saturated rings. The highest BCUT2D eigenvalue weighted by Crippen LogP contribution is 2.46. The molecular formula is C21H20FN3O2. The Bertz CT molecular complexity index is 984. The number of nitrogens with zero attached hydrogens (tertiary/aromatic N) is 3. The first-order chi connectivity index (χ1) is 13.1. The molecule has 1 amide bonds.